The van der Waals surface area contributed by atoms with E-state index in [1.54, 1.807) is 6.20 Å². The topological polar surface area (TPSA) is 43.8 Å². The number of aromatic nitrogens is 2. The second-order valence-corrected chi connectivity index (χ2v) is 5.98. The zero-order valence-corrected chi connectivity index (χ0v) is 13.8. The smallest absolute Gasteiger partial charge is 0.140 e. The van der Waals surface area contributed by atoms with Crippen molar-refractivity contribution < 1.29 is 0 Å². The first-order valence-electron chi connectivity index (χ1n) is 8.30. The van der Waals surface area contributed by atoms with Crippen LogP contribution in [-0.2, 0) is 5.54 Å². The highest BCUT2D eigenvalue weighted by molar-refractivity contribution is 5.52. The summed E-state index contributed by atoms with van der Waals surface area (Å²) in [4.78, 5) is 0. The van der Waals surface area contributed by atoms with Gasteiger partial charge in [0.1, 0.15) is 11.4 Å². The van der Waals surface area contributed by atoms with Crippen LogP contribution in [0.1, 0.15) is 16.7 Å². The summed E-state index contributed by atoms with van der Waals surface area (Å²) >= 11 is 0. The van der Waals surface area contributed by atoms with Crippen LogP contribution in [0, 0.1) is 0 Å². The van der Waals surface area contributed by atoms with Crippen molar-refractivity contribution in [1.29, 1.82) is 0 Å². The Balaban J connectivity index is 2.15. The molecule has 0 saturated heterocycles. The van der Waals surface area contributed by atoms with E-state index in [-0.39, 0.29) is 0 Å². The van der Waals surface area contributed by atoms with Gasteiger partial charge < -0.3 is 5.73 Å². The van der Waals surface area contributed by atoms with Gasteiger partial charge in [-0.25, -0.2) is 4.68 Å². The molecule has 3 aromatic carbocycles. The van der Waals surface area contributed by atoms with Crippen LogP contribution in [0.5, 0.6) is 0 Å². The Bertz CT molecular complexity index is 848. The van der Waals surface area contributed by atoms with E-state index >= 15 is 0 Å². The zero-order valence-electron chi connectivity index (χ0n) is 13.8. The standard InChI is InChI=1S/C22H19N3/c23-21-16-17-24-25(21)22(18-10-4-1-5-11-18,19-12-6-2-7-13-19)20-14-8-3-9-15-20/h1-17H,23H2. The maximum Gasteiger partial charge on any atom is 0.140 e. The highest BCUT2D eigenvalue weighted by Crippen LogP contribution is 2.41. The third kappa shape index (κ3) is 2.41. The summed E-state index contributed by atoms with van der Waals surface area (Å²) in [7, 11) is 0. The molecule has 0 radical (unpaired) electrons. The molecule has 0 amide bonds. The fourth-order valence-electron chi connectivity index (χ4n) is 3.50. The summed E-state index contributed by atoms with van der Waals surface area (Å²) in [6.45, 7) is 0. The van der Waals surface area contributed by atoms with Crippen LogP contribution < -0.4 is 5.73 Å². The molecule has 1 aromatic heterocycles. The number of rotatable bonds is 4. The van der Waals surface area contributed by atoms with Gasteiger partial charge in [-0.2, -0.15) is 5.10 Å². The summed E-state index contributed by atoms with van der Waals surface area (Å²) in [6, 6.07) is 33.0. The zero-order chi connectivity index (χ0) is 17.1. The van der Waals surface area contributed by atoms with Gasteiger partial charge in [0, 0.05) is 6.07 Å². The molecule has 2 N–H and O–H groups in total. The number of hydrogen-bond donors (Lipinski definition) is 1. The average Bonchev–Trinajstić information content (AvgIpc) is 3.12. The summed E-state index contributed by atoms with van der Waals surface area (Å²) in [6.07, 6.45) is 1.75. The SMILES string of the molecule is Nc1ccnn1C(c1ccccc1)(c1ccccc1)c1ccccc1. The molecule has 0 atom stereocenters. The maximum atomic E-state index is 6.34. The van der Waals surface area contributed by atoms with Crippen molar-refractivity contribution in [1.82, 2.24) is 9.78 Å². The quantitative estimate of drug-likeness (QED) is 0.568. The lowest BCUT2D eigenvalue weighted by atomic mass is 9.77. The van der Waals surface area contributed by atoms with Crippen LogP contribution in [0.3, 0.4) is 0 Å². The third-order valence-corrected chi connectivity index (χ3v) is 4.56. The van der Waals surface area contributed by atoms with E-state index in [9.17, 15) is 0 Å². The van der Waals surface area contributed by atoms with Crippen molar-refractivity contribution in [2.75, 3.05) is 5.73 Å². The fourth-order valence-corrected chi connectivity index (χ4v) is 3.50. The van der Waals surface area contributed by atoms with Crippen molar-refractivity contribution in [3.8, 4) is 0 Å². The summed E-state index contributed by atoms with van der Waals surface area (Å²) < 4.78 is 1.91. The van der Waals surface area contributed by atoms with Crippen LogP contribution >= 0.6 is 0 Å². The molecular weight excluding hydrogens is 306 g/mol. The van der Waals surface area contributed by atoms with Gasteiger partial charge in [-0.05, 0) is 16.7 Å². The van der Waals surface area contributed by atoms with Crippen LogP contribution in [0.4, 0.5) is 5.82 Å². The molecule has 25 heavy (non-hydrogen) atoms. The second kappa shape index (κ2) is 6.29. The molecule has 1 heterocycles. The van der Waals surface area contributed by atoms with Gasteiger partial charge >= 0.3 is 0 Å². The second-order valence-electron chi connectivity index (χ2n) is 5.98. The number of anilines is 1. The number of nitrogens with zero attached hydrogens (tertiary/aromatic N) is 2. The van der Waals surface area contributed by atoms with Gasteiger partial charge in [0.2, 0.25) is 0 Å². The molecule has 4 aromatic rings. The average molecular weight is 325 g/mol. The molecule has 0 bridgehead atoms. The van der Waals surface area contributed by atoms with Gasteiger partial charge in [0.25, 0.3) is 0 Å². The Morgan fingerprint density at radius 1 is 0.600 bits per heavy atom. The third-order valence-electron chi connectivity index (χ3n) is 4.56. The monoisotopic (exact) mass is 325 g/mol. The molecule has 3 nitrogen and oxygen atoms in total. The van der Waals surface area contributed by atoms with E-state index in [0.29, 0.717) is 5.82 Å². The lowest BCUT2D eigenvalue weighted by molar-refractivity contribution is 0.467. The van der Waals surface area contributed by atoms with Crippen molar-refractivity contribution >= 4 is 5.82 Å². The molecule has 3 heteroatoms. The number of nitrogens with two attached hydrogens (primary N) is 1. The van der Waals surface area contributed by atoms with E-state index in [0.717, 1.165) is 16.7 Å². The van der Waals surface area contributed by atoms with Gasteiger partial charge in [-0.3, -0.25) is 0 Å². The van der Waals surface area contributed by atoms with Gasteiger partial charge in [-0.15, -0.1) is 0 Å². The van der Waals surface area contributed by atoms with Gasteiger partial charge in [-0.1, -0.05) is 91.0 Å². The van der Waals surface area contributed by atoms with E-state index < -0.39 is 5.54 Å². The molecule has 0 fully saturated rings. The minimum absolute atomic E-state index is 0.622. The Hall–Kier alpha value is -3.33. The highest BCUT2D eigenvalue weighted by atomic mass is 15.3. The van der Waals surface area contributed by atoms with Crippen LogP contribution in [0.15, 0.2) is 103 Å². The summed E-state index contributed by atoms with van der Waals surface area (Å²) in [5, 5.41) is 4.61. The lowest BCUT2D eigenvalue weighted by Gasteiger charge is -2.37. The predicted octanol–water partition coefficient (Wildman–Crippen LogP) is 4.31. The molecule has 122 valence electrons. The summed E-state index contributed by atoms with van der Waals surface area (Å²) in [5.74, 6) is 0.622. The number of nitrogen functional groups attached to an aromatic ring is 1. The van der Waals surface area contributed by atoms with Crippen LogP contribution in [0.2, 0.25) is 0 Å². The van der Waals surface area contributed by atoms with Crippen molar-refractivity contribution in [2.45, 2.75) is 5.54 Å². The van der Waals surface area contributed by atoms with Crippen molar-refractivity contribution in [2.24, 2.45) is 0 Å². The summed E-state index contributed by atoms with van der Waals surface area (Å²) in [5.41, 5.74) is 9.05. The van der Waals surface area contributed by atoms with E-state index in [2.05, 4.69) is 77.9 Å². The first-order chi connectivity index (χ1) is 12.3. The van der Waals surface area contributed by atoms with E-state index in [4.69, 9.17) is 5.73 Å². The maximum absolute atomic E-state index is 6.34. The van der Waals surface area contributed by atoms with Crippen molar-refractivity contribution in [3.05, 3.63) is 120 Å². The minimum atomic E-state index is -0.628. The van der Waals surface area contributed by atoms with Crippen LogP contribution in [0.25, 0.3) is 0 Å². The normalized spacial score (nSPS) is 11.4. The molecule has 0 aliphatic rings. The minimum Gasteiger partial charge on any atom is -0.384 e. The van der Waals surface area contributed by atoms with Gasteiger partial charge in [0.15, 0.2) is 0 Å². The first-order valence-corrected chi connectivity index (χ1v) is 8.30. The molecule has 0 aliphatic carbocycles. The Kier molecular flexibility index (Phi) is 3.82. The number of hydrogen-bond acceptors (Lipinski definition) is 2. The molecule has 0 spiro atoms. The first kappa shape index (κ1) is 15.2. The Morgan fingerprint density at radius 3 is 1.32 bits per heavy atom. The van der Waals surface area contributed by atoms with Crippen LogP contribution in [-0.4, -0.2) is 9.78 Å². The Labute approximate surface area is 147 Å². The van der Waals surface area contributed by atoms with Gasteiger partial charge in [0.05, 0.1) is 6.20 Å². The largest absolute Gasteiger partial charge is 0.384 e. The Morgan fingerprint density at radius 2 is 1.00 bits per heavy atom. The molecule has 4 rings (SSSR count). The fraction of sp³-hybridized carbons (Fsp3) is 0.0455. The van der Waals surface area contributed by atoms with Crippen molar-refractivity contribution in [3.63, 3.8) is 0 Å². The number of benzene rings is 3. The molecular formula is C22H19N3. The molecule has 0 saturated carbocycles. The van der Waals surface area contributed by atoms with E-state index in [1.807, 2.05) is 28.9 Å². The van der Waals surface area contributed by atoms with E-state index in [1.165, 1.54) is 0 Å². The lowest BCUT2D eigenvalue weighted by Crippen LogP contribution is -2.39. The predicted molar refractivity (Wildman–Crippen MR) is 101 cm³/mol. The molecule has 0 unspecified atom stereocenters. The highest BCUT2D eigenvalue weighted by Gasteiger charge is 2.40. The molecule has 0 aliphatic heterocycles.